The van der Waals surface area contributed by atoms with Crippen LogP contribution in [-0.4, -0.2) is 25.1 Å². The number of amides is 1. The number of carbonyl (C=O) groups is 1. The van der Waals surface area contributed by atoms with E-state index >= 15 is 0 Å². The average molecular weight is 292 g/mol. The van der Waals surface area contributed by atoms with E-state index in [9.17, 15) is 13.6 Å². The van der Waals surface area contributed by atoms with Crippen molar-refractivity contribution in [2.45, 2.75) is 0 Å². The molecular formula is C15H14F2N2O2. The van der Waals surface area contributed by atoms with Gasteiger partial charge in [-0.25, -0.2) is 13.8 Å². The maximum Gasteiger partial charge on any atom is 0.279 e. The first-order chi connectivity index (χ1) is 10.0. The number of nitrogens with zero attached hydrogens (tertiary/aromatic N) is 1. The van der Waals surface area contributed by atoms with Gasteiger partial charge in [-0.2, -0.15) is 0 Å². The summed E-state index contributed by atoms with van der Waals surface area (Å²) in [5, 5.41) is 3.72. The second-order valence-corrected chi connectivity index (χ2v) is 4.28. The van der Waals surface area contributed by atoms with Gasteiger partial charge in [-0.3, -0.25) is 9.63 Å². The van der Waals surface area contributed by atoms with Crippen molar-refractivity contribution in [3.8, 4) is 0 Å². The molecule has 2 rings (SSSR count). The summed E-state index contributed by atoms with van der Waals surface area (Å²) < 4.78 is 27.1. The van der Waals surface area contributed by atoms with Crippen LogP contribution in [0, 0.1) is 11.6 Å². The molecule has 4 nitrogen and oxygen atoms in total. The Bertz CT molecular complexity index is 662. The molecule has 2 aromatic rings. The van der Waals surface area contributed by atoms with Crippen LogP contribution in [0.2, 0.25) is 0 Å². The Morgan fingerprint density at radius 2 is 1.86 bits per heavy atom. The maximum absolute atomic E-state index is 13.7. The van der Waals surface area contributed by atoms with Crippen LogP contribution >= 0.6 is 0 Å². The largest absolute Gasteiger partial charge is 0.352 e. The SMILES string of the molecule is CON(C)C(=O)c1ccc(F)cc1Nc1ccccc1F. The van der Waals surface area contributed by atoms with Crippen LogP contribution in [0.1, 0.15) is 10.4 Å². The van der Waals surface area contributed by atoms with Crippen molar-refractivity contribution in [1.29, 1.82) is 0 Å². The minimum absolute atomic E-state index is 0.150. The van der Waals surface area contributed by atoms with Gasteiger partial charge in [0.25, 0.3) is 5.91 Å². The normalized spacial score (nSPS) is 10.3. The molecule has 0 spiro atoms. The van der Waals surface area contributed by atoms with Crippen LogP contribution in [0.15, 0.2) is 42.5 Å². The van der Waals surface area contributed by atoms with Gasteiger partial charge in [0.15, 0.2) is 0 Å². The first-order valence-electron chi connectivity index (χ1n) is 6.16. The van der Waals surface area contributed by atoms with Gasteiger partial charge in [0.1, 0.15) is 11.6 Å². The number of rotatable bonds is 4. The van der Waals surface area contributed by atoms with Gasteiger partial charge in [-0.1, -0.05) is 12.1 Å². The number of para-hydroxylation sites is 1. The second-order valence-electron chi connectivity index (χ2n) is 4.28. The number of hydroxylamine groups is 2. The molecule has 1 N–H and O–H groups in total. The lowest BCUT2D eigenvalue weighted by molar-refractivity contribution is -0.0756. The van der Waals surface area contributed by atoms with Crippen LogP contribution < -0.4 is 5.32 Å². The Hall–Kier alpha value is -2.47. The summed E-state index contributed by atoms with van der Waals surface area (Å²) in [4.78, 5) is 16.9. The number of halogens is 2. The third-order valence-electron chi connectivity index (χ3n) is 2.92. The van der Waals surface area contributed by atoms with Crippen LogP contribution in [-0.2, 0) is 4.84 Å². The molecule has 0 radical (unpaired) electrons. The Balaban J connectivity index is 2.41. The molecule has 0 unspecified atom stereocenters. The van der Waals surface area contributed by atoms with E-state index in [-0.39, 0.29) is 16.9 Å². The third kappa shape index (κ3) is 3.35. The molecule has 0 saturated carbocycles. The first-order valence-corrected chi connectivity index (χ1v) is 6.16. The number of carbonyl (C=O) groups excluding carboxylic acids is 1. The smallest absolute Gasteiger partial charge is 0.279 e. The van der Waals surface area contributed by atoms with Crippen molar-refractivity contribution >= 4 is 17.3 Å². The summed E-state index contributed by atoms with van der Waals surface area (Å²) in [6.07, 6.45) is 0. The number of hydrogen-bond acceptors (Lipinski definition) is 3. The standard InChI is InChI=1S/C15H14F2N2O2/c1-19(21-2)15(20)11-8-7-10(16)9-14(11)18-13-6-4-3-5-12(13)17/h3-9,18H,1-2H3. The molecule has 0 aliphatic carbocycles. The van der Waals surface area contributed by atoms with Crippen molar-refractivity contribution in [1.82, 2.24) is 5.06 Å². The Morgan fingerprint density at radius 1 is 1.14 bits per heavy atom. The lowest BCUT2D eigenvalue weighted by atomic mass is 10.1. The zero-order chi connectivity index (χ0) is 15.4. The molecule has 21 heavy (non-hydrogen) atoms. The summed E-state index contributed by atoms with van der Waals surface area (Å²) in [6, 6.07) is 9.53. The van der Waals surface area contributed by atoms with E-state index in [1.807, 2.05) is 0 Å². The van der Waals surface area contributed by atoms with Crippen LogP contribution in [0.5, 0.6) is 0 Å². The van der Waals surface area contributed by atoms with Crippen molar-refractivity contribution in [3.63, 3.8) is 0 Å². The van der Waals surface area contributed by atoms with Gasteiger partial charge in [-0.15, -0.1) is 0 Å². The van der Waals surface area contributed by atoms with Crippen molar-refractivity contribution in [3.05, 3.63) is 59.7 Å². The van der Waals surface area contributed by atoms with Crippen LogP contribution in [0.25, 0.3) is 0 Å². The Morgan fingerprint density at radius 3 is 2.52 bits per heavy atom. The monoisotopic (exact) mass is 292 g/mol. The summed E-state index contributed by atoms with van der Waals surface area (Å²) in [5.74, 6) is -1.51. The number of hydrogen-bond donors (Lipinski definition) is 1. The maximum atomic E-state index is 13.7. The highest BCUT2D eigenvalue weighted by Gasteiger charge is 2.17. The molecule has 0 aliphatic heterocycles. The Labute approximate surface area is 120 Å². The zero-order valence-electron chi connectivity index (χ0n) is 11.6. The summed E-state index contributed by atoms with van der Waals surface area (Å²) in [5.41, 5.74) is 0.482. The van der Waals surface area contributed by atoms with Gasteiger partial charge >= 0.3 is 0 Å². The topological polar surface area (TPSA) is 41.6 Å². The highest BCUT2D eigenvalue weighted by molar-refractivity contribution is 5.99. The molecule has 0 heterocycles. The quantitative estimate of drug-likeness (QED) is 0.879. The summed E-state index contributed by atoms with van der Waals surface area (Å²) >= 11 is 0. The van der Waals surface area contributed by atoms with Crippen LogP contribution in [0.3, 0.4) is 0 Å². The molecule has 2 aromatic carbocycles. The van der Waals surface area contributed by atoms with Crippen molar-refractivity contribution in [2.75, 3.05) is 19.5 Å². The van der Waals surface area contributed by atoms with Gasteiger partial charge in [0, 0.05) is 7.05 Å². The van der Waals surface area contributed by atoms with E-state index in [0.717, 1.165) is 17.2 Å². The molecule has 6 heteroatoms. The van der Waals surface area contributed by atoms with Gasteiger partial charge in [-0.05, 0) is 30.3 Å². The van der Waals surface area contributed by atoms with Crippen LogP contribution in [0.4, 0.5) is 20.2 Å². The lowest BCUT2D eigenvalue weighted by Gasteiger charge is -2.17. The molecule has 0 bridgehead atoms. The van der Waals surface area contributed by atoms with Gasteiger partial charge < -0.3 is 5.32 Å². The highest BCUT2D eigenvalue weighted by atomic mass is 19.1. The highest BCUT2D eigenvalue weighted by Crippen LogP contribution is 2.25. The minimum atomic E-state index is -0.537. The molecule has 0 saturated heterocycles. The fourth-order valence-electron chi connectivity index (χ4n) is 1.77. The van der Waals surface area contributed by atoms with E-state index in [4.69, 9.17) is 4.84 Å². The molecule has 0 atom stereocenters. The summed E-state index contributed by atoms with van der Waals surface area (Å²) in [6.45, 7) is 0. The summed E-state index contributed by atoms with van der Waals surface area (Å²) in [7, 11) is 2.77. The molecule has 110 valence electrons. The fourth-order valence-corrected chi connectivity index (χ4v) is 1.77. The fraction of sp³-hybridized carbons (Fsp3) is 0.133. The third-order valence-corrected chi connectivity index (χ3v) is 2.92. The second kappa shape index (κ2) is 6.32. The average Bonchev–Trinajstić information content (AvgIpc) is 2.48. The lowest BCUT2D eigenvalue weighted by Crippen LogP contribution is -2.26. The number of nitrogens with one attached hydrogen (secondary N) is 1. The number of anilines is 2. The van der Waals surface area contributed by atoms with E-state index in [1.165, 1.54) is 38.4 Å². The van der Waals surface area contributed by atoms with Gasteiger partial charge in [0.05, 0.1) is 24.0 Å². The Kier molecular flexibility index (Phi) is 4.49. The first kappa shape index (κ1) is 14.9. The molecule has 1 amide bonds. The zero-order valence-corrected chi connectivity index (χ0v) is 11.6. The molecule has 0 aliphatic rings. The predicted octanol–water partition coefficient (Wildman–Crippen LogP) is 3.34. The van der Waals surface area contributed by atoms with Crippen molar-refractivity contribution in [2.24, 2.45) is 0 Å². The number of benzene rings is 2. The molecule has 0 aromatic heterocycles. The minimum Gasteiger partial charge on any atom is -0.352 e. The van der Waals surface area contributed by atoms with E-state index in [0.29, 0.717) is 0 Å². The van der Waals surface area contributed by atoms with E-state index in [1.54, 1.807) is 6.07 Å². The predicted molar refractivity (Wildman–Crippen MR) is 75.2 cm³/mol. The van der Waals surface area contributed by atoms with E-state index in [2.05, 4.69) is 5.32 Å². The van der Waals surface area contributed by atoms with Gasteiger partial charge in [0.2, 0.25) is 0 Å². The molecule has 0 fully saturated rings. The molecular weight excluding hydrogens is 278 g/mol. The van der Waals surface area contributed by atoms with Crippen molar-refractivity contribution < 1.29 is 18.4 Å². The van der Waals surface area contributed by atoms with E-state index < -0.39 is 17.5 Å².